The molecule has 1 aromatic heterocycles. The molecule has 1 amide bonds. The molecular formula is C16H23N5O3. The smallest absolute Gasteiger partial charge is 0.268 e. The zero-order valence-corrected chi connectivity index (χ0v) is 14.1. The van der Waals surface area contributed by atoms with Gasteiger partial charge in [-0.05, 0) is 25.7 Å². The number of aromatic nitrogens is 2. The van der Waals surface area contributed by atoms with Crippen molar-refractivity contribution < 1.29 is 9.63 Å². The van der Waals surface area contributed by atoms with Gasteiger partial charge >= 0.3 is 0 Å². The van der Waals surface area contributed by atoms with Crippen LogP contribution in [0.3, 0.4) is 0 Å². The predicted octanol–water partition coefficient (Wildman–Crippen LogP) is 0.278. The lowest BCUT2D eigenvalue weighted by Crippen LogP contribution is -2.42. The minimum absolute atomic E-state index is 0.0891. The lowest BCUT2D eigenvalue weighted by molar-refractivity contribution is -0.131. The van der Waals surface area contributed by atoms with Crippen LogP contribution < -0.4 is 15.8 Å². The first-order valence-corrected chi connectivity index (χ1v) is 8.28. The second kappa shape index (κ2) is 7.02. The van der Waals surface area contributed by atoms with Crippen LogP contribution in [0.5, 0.6) is 0 Å². The Morgan fingerprint density at radius 1 is 1.42 bits per heavy atom. The molecule has 2 aliphatic rings. The summed E-state index contributed by atoms with van der Waals surface area (Å²) in [4.78, 5) is 31.0. The van der Waals surface area contributed by atoms with Crippen LogP contribution in [-0.4, -0.2) is 47.1 Å². The molecule has 0 spiro atoms. The van der Waals surface area contributed by atoms with Gasteiger partial charge < -0.3 is 15.1 Å². The van der Waals surface area contributed by atoms with Gasteiger partial charge in [0, 0.05) is 39.2 Å². The zero-order valence-electron chi connectivity index (χ0n) is 14.1. The summed E-state index contributed by atoms with van der Waals surface area (Å²) in [5.74, 6) is 0.349. The third-order valence-electron chi connectivity index (χ3n) is 4.61. The molecule has 1 atom stereocenters. The van der Waals surface area contributed by atoms with Crippen molar-refractivity contribution in [2.75, 3.05) is 24.5 Å². The Hall–Kier alpha value is -2.38. The van der Waals surface area contributed by atoms with Gasteiger partial charge in [0.1, 0.15) is 0 Å². The molecule has 0 aliphatic carbocycles. The first kappa shape index (κ1) is 16.5. The van der Waals surface area contributed by atoms with E-state index in [0.717, 1.165) is 37.3 Å². The molecule has 1 aromatic rings. The number of nitrogens with zero attached hydrogens (tertiary/aromatic N) is 4. The summed E-state index contributed by atoms with van der Waals surface area (Å²) in [6.07, 6.45) is 3.76. The summed E-state index contributed by atoms with van der Waals surface area (Å²) < 4.78 is 1.32. The number of amides is 1. The topological polar surface area (TPSA) is 88.8 Å². The minimum atomic E-state index is -0.475. The number of oxime groups is 1. The molecule has 8 heteroatoms. The van der Waals surface area contributed by atoms with E-state index in [1.165, 1.54) is 4.68 Å². The van der Waals surface area contributed by atoms with Crippen LogP contribution in [0.4, 0.5) is 5.69 Å². The third kappa shape index (κ3) is 3.74. The zero-order chi connectivity index (χ0) is 17.1. The Labute approximate surface area is 140 Å². The van der Waals surface area contributed by atoms with E-state index >= 15 is 0 Å². The molecule has 8 nitrogen and oxygen atoms in total. The maximum atomic E-state index is 12.0. The average molecular weight is 333 g/mol. The molecule has 3 heterocycles. The van der Waals surface area contributed by atoms with Gasteiger partial charge in [0.05, 0.1) is 17.6 Å². The number of rotatable bonds is 4. The van der Waals surface area contributed by atoms with Crippen LogP contribution >= 0.6 is 0 Å². The van der Waals surface area contributed by atoms with E-state index in [0.29, 0.717) is 18.9 Å². The van der Waals surface area contributed by atoms with Gasteiger partial charge in [-0.2, -0.15) is 5.10 Å². The lowest BCUT2D eigenvalue weighted by atomic mass is 9.96. The van der Waals surface area contributed by atoms with Crippen LogP contribution in [-0.2, 0) is 16.7 Å². The van der Waals surface area contributed by atoms with E-state index in [4.69, 9.17) is 4.84 Å². The number of piperidine rings is 1. The van der Waals surface area contributed by atoms with Crippen molar-refractivity contribution in [3.8, 4) is 0 Å². The van der Waals surface area contributed by atoms with Gasteiger partial charge in [0.25, 0.3) is 11.5 Å². The number of hydrogen-bond donors (Lipinski definition) is 1. The second-order valence-electron chi connectivity index (χ2n) is 6.48. The highest BCUT2D eigenvalue weighted by Crippen LogP contribution is 2.21. The van der Waals surface area contributed by atoms with Gasteiger partial charge in [-0.25, -0.2) is 4.68 Å². The monoisotopic (exact) mass is 333 g/mol. The van der Waals surface area contributed by atoms with Gasteiger partial charge in [-0.3, -0.25) is 9.59 Å². The summed E-state index contributed by atoms with van der Waals surface area (Å²) >= 11 is 0. The van der Waals surface area contributed by atoms with Crippen molar-refractivity contribution in [3.63, 3.8) is 0 Å². The fourth-order valence-electron chi connectivity index (χ4n) is 3.02. The highest BCUT2D eigenvalue weighted by atomic mass is 16.6. The van der Waals surface area contributed by atoms with E-state index in [9.17, 15) is 9.59 Å². The van der Waals surface area contributed by atoms with Gasteiger partial charge in [0.15, 0.2) is 0 Å². The molecular weight excluding hydrogens is 310 g/mol. The Balaban J connectivity index is 1.44. The summed E-state index contributed by atoms with van der Waals surface area (Å²) in [6.45, 7) is 4.23. The van der Waals surface area contributed by atoms with Crippen LogP contribution in [0.2, 0.25) is 0 Å². The first-order chi connectivity index (χ1) is 11.5. The van der Waals surface area contributed by atoms with E-state index in [2.05, 4.69) is 20.5 Å². The second-order valence-corrected chi connectivity index (χ2v) is 6.48. The molecule has 1 N–H and O–H groups in total. The van der Waals surface area contributed by atoms with Crippen molar-refractivity contribution >= 4 is 17.3 Å². The van der Waals surface area contributed by atoms with Crippen molar-refractivity contribution in [3.05, 3.63) is 22.6 Å². The standard InChI is InChI=1S/C16H23N5O3/c1-11-7-14(24-19-11)16(23)17-9-12-3-5-21(6-4-12)13-8-15(22)20(2)18-10-13/h8,10,12,14H,3-7,9H2,1-2H3,(H,17,23). The molecule has 24 heavy (non-hydrogen) atoms. The van der Waals surface area contributed by atoms with E-state index in [-0.39, 0.29) is 11.5 Å². The highest BCUT2D eigenvalue weighted by Gasteiger charge is 2.27. The average Bonchev–Trinajstić information content (AvgIpc) is 3.02. The number of hydrogen-bond acceptors (Lipinski definition) is 6. The van der Waals surface area contributed by atoms with Crippen LogP contribution in [0.25, 0.3) is 0 Å². The molecule has 1 fully saturated rings. The van der Waals surface area contributed by atoms with Crippen molar-refractivity contribution in [1.29, 1.82) is 0 Å². The molecule has 0 aromatic carbocycles. The largest absolute Gasteiger partial charge is 0.382 e. The molecule has 1 unspecified atom stereocenters. The fourth-order valence-corrected chi connectivity index (χ4v) is 3.02. The Morgan fingerprint density at radius 2 is 2.17 bits per heavy atom. The minimum Gasteiger partial charge on any atom is -0.382 e. The Bertz CT molecular complexity index is 691. The molecule has 130 valence electrons. The van der Waals surface area contributed by atoms with Crippen LogP contribution in [0, 0.1) is 5.92 Å². The number of anilines is 1. The molecule has 3 rings (SSSR count). The summed E-state index contributed by atoms with van der Waals surface area (Å²) in [5, 5.41) is 10.8. The van der Waals surface area contributed by atoms with Gasteiger partial charge in [0.2, 0.25) is 6.10 Å². The van der Waals surface area contributed by atoms with Crippen molar-refractivity contribution in [2.45, 2.75) is 32.3 Å². The highest BCUT2D eigenvalue weighted by molar-refractivity contribution is 5.91. The Morgan fingerprint density at radius 3 is 2.79 bits per heavy atom. The number of carbonyl (C=O) groups is 1. The maximum absolute atomic E-state index is 12.0. The summed E-state index contributed by atoms with van der Waals surface area (Å²) in [6, 6.07) is 1.62. The Kier molecular flexibility index (Phi) is 4.82. The van der Waals surface area contributed by atoms with Crippen LogP contribution in [0.15, 0.2) is 22.2 Å². The van der Waals surface area contributed by atoms with Crippen LogP contribution in [0.1, 0.15) is 26.2 Å². The molecule has 1 saturated heterocycles. The van der Waals surface area contributed by atoms with Gasteiger partial charge in [-0.1, -0.05) is 5.16 Å². The normalized spacial score (nSPS) is 21.3. The quantitative estimate of drug-likeness (QED) is 0.855. The molecule has 0 radical (unpaired) electrons. The summed E-state index contributed by atoms with van der Waals surface area (Å²) in [5.41, 5.74) is 1.62. The number of carbonyl (C=O) groups excluding carboxylic acids is 1. The molecule has 0 bridgehead atoms. The lowest BCUT2D eigenvalue weighted by Gasteiger charge is -2.33. The van der Waals surface area contributed by atoms with Gasteiger partial charge in [-0.15, -0.1) is 0 Å². The number of aryl methyl sites for hydroxylation is 1. The van der Waals surface area contributed by atoms with Crippen molar-refractivity contribution in [1.82, 2.24) is 15.1 Å². The maximum Gasteiger partial charge on any atom is 0.268 e. The van der Waals surface area contributed by atoms with Crippen molar-refractivity contribution in [2.24, 2.45) is 18.1 Å². The SMILES string of the molecule is CC1=NOC(C(=O)NCC2CCN(c3cnn(C)c(=O)c3)CC2)C1. The number of nitrogens with one attached hydrogen (secondary N) is 1. The van der Waals surface area contributed by atoms with E-state index < -0.39 is 6.10 Å². The molecule has 0 saturated carbocycles. The van der Waals surface area contributed by atoms with E-state index in [1.807, 2.05) is 6.92 Å². The summed E-state index contributed by atoms with van der Waals surface area (Å²) in [7, 11) is 1.64. The molecule has 2 aliphatic heterocycles. The third-order valence-corrected chi connectivity index (χ3v) is 4.61. The van der Waals surface area contributed by atoms with E-state index in [1.54, 1.807) is 19.3 Å². The fraction of sp³-hybridized carbons (Fsp3) is 0.625. The first-order valence-electron chi connectivity index (χ1n) is 8.28. The predicted molar refractivity (Wildman–Crippen MR) is 90.0 cm³/mol.